The second kappa shape index (κ2) is 7.00. The van der Waals surface area contributed by atoms with Crippen LogP contribution in [0.2, 0.25) is 0 Å². The molecule has 2 aliphatic carbocycles. The Morgan fingerprint density at radius 3 is 2.16 bits per heavy atom. The zero-order valence-electron chi connectivity index (χ0n) is 15.3. The Hall–Kier alpha value is -1.53. The Bertz CT molecular complexity index is 810. The summed E-state index contributed by atoms with van der Waals surface area (Å²) in [4.78, 5) is 0. The Kier molecular flexibility index (Phi) is 4.73. The average molecular weight is 354 g/mol. The molecule has 0 radical (unpaired) electrons. The van der Waals surface area contributed by atoms with Crippen LogP contribution in [0.1, 0.15) is 53.5 Å². The van der Waals surface area contributed by atoms with Gasteiger partial charge >= 0.3 is 0 Å². The lowest BCUT2D eigenvalue weighted by Gasteiger charge is -2.28. The zero-order chi connectivity index (χ0) is 17.4. The van der Waals surface area contributed by atoms with Crippen molar-refractivity contribution in [2.45, 2.75) is 58.3 Å². The summed E-state index contributed by atoms with van der Waals surface area (Å²) in [5.41, 5.74) is 9.77. The third kappa shape index (κ3) is 2.85. The number of hydrogen-bond acceptors (Lipinski definition) is 2. The van der Waals surface area contributed by atoms with Crippen molar-refractivity contribution in [3.8, 4) is 22.6 Å². The van der Waals surface area contributed by atoms with E-state index in [1.165, 1.54) is 77.5 Å². The molecule has 0 heterocycles. The zero-order valence-corrected chi connectivity index (χ0v) is 16.4. The van der Waals surface area contributed by atoms with E-state index in [2.05, 4.69) is 34.6 Å². The fraction of sp³-hybridized carbons (Fsp3) is 0.455. The molecular weight excluding hydrogens is 327 g/mol. The molecule has 2 nitrogen and oxygen atoms in total. The van der Waals surface area contributed by atoms with E-state index in [-0.39, 0.29) is 0 Å². The first-order valence-electron chi connectivity index (χ1n) is 9.45. The van der Waals surface area contributed by atoms with Crippen LogP contribution >= 0.6 is 9.47 Å². The van der Waals surface area contributed by atoms with Crippen molar-refractivity contribution in [2.75, 3.05) is 7.11 Å². The Balaban J connectivity index is 2.06. The summed E-state index contributed by atoms with van der Waals surface area (Å²) in [6.45, 7) is 2.17. The third-order valence-corrected chi connectivity index (χ3v) is 6.12. The topological polar surface area (TPSA) is 18.5 Å². The molecule has 25 heavy (non-hydrogen) atoms. The Morgan fingerprint density at radius 2 is 1.48 bits per heavy atom. The Labute approximate surface area is 153 Å². The van der Waals surface area contributed by atoms with E-state index in [1.807, 2.05) is 0 Å². The molecule has 4 rings (SSSR count). The molecule has 132 valence electrons. The number of aryl methyl sites for hydroxylation is 3. The van der Waals surface area contributed by atoms with Gasteiger partial charge in [0.05, 0.1) is 16.6 Å². The number of ether oxygens (including phenoxy) is 1. The van der Waals surface area contributed by atoms with Crippen molar-refractivity contribution < 1.29 is 9.26 Å². The molecule has 0 bridgehead atoms. The third-order valence-electron chi connectivity index (χ3n) is 5.86. The van der Waals surface area contributed by atoms with Gasteiger partial charge in [-0.1, -0.05) is 12.1 Å². The van der Waals surface area contributed by atoms with Gasteiger partial charge in [0.25, 0.3) is 0 Å². The van der Waals surface area contributed by atoms with Crippen LogP contribution in [-0.2, 0) is 25.7 Å². The molecule has 3 heteroatoms. The smallest absolute Gasteiger partial charge is 0.130 e. The maximum atomic E-state index is 5.92. The first kappa shape index (κ1) is 16.9. The van der Waals surface area contributed by atoms with Gasteiger partial charge < -0.3 is 9.26 Å². The maximum absolute atomic E-state index is 5.92. The number of rotatable bonds is 3. The van der Waals surface area contributed by atoms with Crippen LogP contribution in [0.4, 0.5) is 0 Å². The van der Waals surface area contributed by atoms with Gasteiger partial charge in [0.15, 0.2) is 0 Å². The highest BCUT2D eigenvalue weighted by Gasteiger charge is 2.27. The van der Waals surface area contributed by atoms with Crippen LogP contribution in [0.15, 0.2) is 18.2 Å². The quantitative estimate of drug-likeness (QED) is 0.668. The summed E-state index contributed by atoms with van der Waals surface area (Å²) >= 11 is 0. The minimum absolute atomic E-state index is 0.960. The van der Waals surface area contributed by atoms with Crippen LogP contribution in [-0.4, -0.2) is 7.11 Å². The fourth-order valence-corrected chi connectivity index (χ4v) is 4.94. The summed E-state index contributed by atoms with van der Waals surface area (Å²) in [6.07, 6.45) is 9.73. The van der Waals surface area contributed by atoms with Gasteiger partial charge in [-0.05, 0) is 92.2 Å². The van der Waals surface area contributed by atoms with E-state index < -0.39 is 0 Å². The number of benzene rings is 2. The lowest BCUT2D eigenvalue weighted by atomic mass is 9.79. The van der Waals surface area contributed by atoms with E-state index >= 15 is 0 Å². The van der Waals surface area contributed by atoms with Crippen molar-refractivity contribution in [1.29, 1.82) is 0 Å². The molecule has 1 unspecified atom stereocenters. The molecule has 2 aromatic carbocycles. The van der Waals surface area contributed by atoms with Crippen LogP contribution in [0.25, 0.3) is 11.1 Å². The summed E-state index contributed by atoms with van der Waals surface area (Å²) in [6, 6.07) is 6.74. The van der Waals surface area contributed by atoms with E-state index in [0.29, 0.717) is 0 Å². The molecular formula is C22H27O2P. The number of fused-ring (bicyclic) bond motifs is 2. The molecule has 0 saturated carbocycles. The van der Waals surface area contributed by atoms with Crippen molar-refractivity contribution in [1.82, 2.24) is 0 Å². The molecule has 0 fully saturated rings. The molecule has 2 aromatic rings. The van der Waals surface area contributed by atoms with Crippen LogP contribution in [0.5, 0.6) is 11.5 Å². The fourth-order valence-electron chi connectivity index (χ4n) is 4.74. The SMILES string of the molecule is COc1c(C)cc2c(c1-c1c(OP)ccc3c1CCCC3)CCCC2. The first-order chi connectivity index (χ1) is 12.2. The monoisotopic (exact) mass is 354 g/mol. The normalized spacial score (nSPS) is 16.1. The standard InChI is InChI=1S/C22H27O2P/c1-14-13-16-8-4-6-10-18(16)21(22(14)23-2)20-17-9-5-3-7-15(17)11-12-19(20)24-25/h11-13H,3-10,25H2,1-2H3. The highest BCUT2D eigenvalue weighted by molar-refractivity contribution is 7.10. The highest BCUT2D eigenvalue weighted by Crippen LogP contribution is 2.48. The van der Waals surface area contributed by atoms with Crippen molar-refractivity contribution in [3.05, 3.63) is 46.0 Å². The van der Waals surface area contributed by atoms with Crippen LogP contribution < -0.4 is 9.26 Å². The molecule has 0 amide bonds. The predicted molar refractivity (Wildman–Crippen MR) is 107 cm³/mol. The summed E-state index contributed by atoms with van der Waals surface area (Å²) in [7, 11) is 4.25. The van der Waals surface area contributed by atoms with E-state index in [4.69, 9.17) is 9.26 Å². The lowest BCUT2D eigenvalue weighted by Crippen LogP contribution is -2.11. The summed E-state index contributed by atoms with van der Waals surface area (Å²) in [5.74, 6) is 1.99. The van der Waals surface area contributed by atoms with Gasteiger partial charge in [0.2, 0.25) is 0 Å². The Morgan fingerprint density at radius 1 is 0.840 bits per heavy atom. The van der Waals surface area contributed by atoms with E-state index in [1.54, 1.807) is 7.11 Å². The second-order valence-electron chi connectivity index (χ2n) is 7.35. The minimum Gasteiger partial charge on any atom is -0.496 e. The number of hydrogen-bond donors (Lipinski definition) is 0. The predicted octanol–water partition coefficient (Wildman–Crippen LogP) is 5.60. The van der Waals surface area contributed by atoms with Gasteiger partial charge in [0, 0.05) is 11.1 Å². The van der Waals surface area contributed by atoms with Gasteiger partial charge in [-0.25, -0.2) is 0 Å². The maximum Gasteiger partial charge on any atom is 0.130 e. The number of methoxy groups -OCH3 is 1. The molecule has 0 spiro atoms. The molecule has 0 aromatic heterocycles. The molecule has 1 atom stereocenters. The summed E-state index contributed by atoms with van der Waals surface area (Å²) < 4.78 is 11.7. The van der Waals surface area contributed by atoms with Crippen molar-refractivity contribution in [2.24, 2.45) is 0 Å². The minimum atomic E-state index is 0.960. The van der Waals surface area contributed by atoms with Crippen LogP contribution in [0.3, 0.4) is 0 Å². The van der Waals surface area contributed by atoms with Gasteiger partial charge in [-0.15, -0.1) is 0 Å². The highest BCUT2D eigenvalue weighted by atomic mass is 31.0. The first-order valence-corrected chi connectivity index (χ1v) is 9.93. The van der Waals surface area contributed by atoms with E-state index in [0.717, 1.165) is 24.3 Å². The molecule has 0 saturated heterocycles. The van der Waals surface area contributed by atoms with Gasteiger partial charge in [0.1, 0.15) is 11.5 Å². The van der Waals surface area contributed by atoms with Gasteiger partial charge in [-0.2, -0.15) is 0 Å². The molecule has 2 aliphatic rings. The van der Waals surface area contributed by atoms with Crippen molar-refractivity contribution >= 4 is 9.47 Å². The van der Waals surface area contributed by atoms with Crippen LogP contribution in [0, 0.1) is 6.92 Å². The lowest BCUT2D eigenvalue weighted by molar-refractivity contribution is 0.412. The van der Waals surface area contributed by atoms with Gasteiger partial charge in [-0.3, -0.25) is 0 Å². The average Bonchev–Trinajstić information content (AvgIpc) is 2.66. The van der Waals surface area contributed by atoms with E-state index in [9.17, 15) is 0 Å². The molecule has 0 N–H and O–H groups in total. The van der Waals surface area contributed by atoms with Crippen molar-refractivity contribution in [3.63, 3.8) is 0 Å². The molecule has 0 aliphatic heterocycles. The second-order valence-corrected chi connectivity index (χ2v) is 7.58. The largest absolute Gasteiger partial charge is 0.496 e. The summed E-state index contributed by atoms with van der Waals surface area (Å²) in [5, 5.41) is 0.